The van der Waals surface area contributed by atoms with Gasteiger partial charge in [-0.15, -0.1) is 11.3 Å². The highest BCUT2D eigenvalue weighted by Gasteiger charge is 2.18. The minimum Gasteiger partial charge on any atom is -0.461 e. The lowest BCUT2D eigenvalue weighted by molar-refractivity contribution is 0.101. The molecular weight excluding hydrogens is 294 g/mol. The van der Waals surface area contributed by atoms with E-state index in [0.717, 1.165) is 20.8 Å². The van der Waals surface area contributed by atoms with Crippen molar-refractivity contribution in [2.75, 3.05) is 0 Å². The van der Waals surface area contributed by atoms with Gasteiger partial charge in [-0.1, -0.05) is 36.4 Å². The molecule has 0 unspecified atom stereocenters. The van der Waals surface area contributed by atoms with Crippen LogP contribution in [0.3, 0.4) is 0 Å². The van der Waals surface area contributed by atoms with E-state index >= 15 is 0 Å². The predicted molar refractivity (Wildman–Crippen MR) is 87.2 cm³/mol. The number of carbonyl (C=O) groups is 1. The van der Waals surface area contributed by atoms with E-state index in [0.29, 0.717) is 11.3 Å². The summed E-state index contributed by atoms with van der Waals surface area (Å²) in [5.41, 5.74) is 2.39. The van der Waals surface area contributed by atoms with E-state index in [9.17, 15) is 4.79 Å². The van der Waals surface area contributed by atoms with Gasteiger partial charge in [0, 0.05) is 11.1 Å². The normalized spacial score (nSPS) is 10.9. The summed E-state index contributed by atoms with van der Waals surface area (Å²) >= 11 is 1.59. The van der Waals surface area contributed by atoms with Crippen LogP contribution in [0.2, 0.25) is 0 Å². The van der Waals surface area contributed by atoms with Gasteiger partial charge >= 0.3 is 0 Å². The Labute approximate surface area is 130 Å². The van der Waals surface area contributed by atoms with Crippen molar-refractivity contribution in [2.24, 2.45) is 0 Å². The van der Waals surface area contributed by atoms with Crippen LogP contribution in [-0.4, -0.2) is 10.8 Å². The molecule has 0 fully saturated rings. The number of carbonyl (C=O) groups excluding carboxylic acids is 1. The van der Waals surface area contributed by atoms with Crippen molar-refractivity contribution in [1.29, 1.82) is 0 Å². The summed E-state index contributed by atoms with van der Waals surface area (Å²) in [4.78, 5) is 17.2. The van der Waals surface area contributed by atoms with Crippen molar-refractivity contribution in [2.45, 2.75) is 0 Å². The van der Waals surface area contributed by atoms with Crippen LogP contribution < -0.4 is 0 Å². The molecule has 0 amide bonds. The van der Waals surface area contributed by atoms with Gasteiger partial charge in [-0.25, -0.2) is 4.98 Å². The molecule has 4 heteroatoms. The third-order valence-electron chi connectivity index (χ3n) is 3.44. The second-order valence-corrected chi connectivity index (χ2v) is 5.87. The van der Waals surface area contributed by atoms with Crippen molar-refractivity contribution < 1.29 is 9.21 Å². The Balaban J connectivity index is 1.87. The van der Waals surface area contributed by atoms with E-state index in [1.54, 1.807) is 23.5 Å². The molecule has 2 heterocycles. The number of hydrogen-bond acceptors (Lipinski definition) is 4. The molecule has 0 bridgehead atoms. The van der Waals surface area contributed by atoms with Crippen molar-refractivity contribution in [3.8, 4) is 10.6 Å². The molecule has 0 spiro atoms. The molecule has 106 valence electrons. The molecule has 4 aromatic rings. The molecule has 0 aliphatic rings. The molecule has 0 aliphatic heterocycles. The number of furan rings is 1. The van der Waals surface area contributed by atoms with E-state index < -0.39 is 0 Å². The second-order valence-electron chi connectivity index (χ2n) is 4.84. The second kappa shape index (κ2) is 5.24. The third-order valence-corrected chi connectivity index (χ3v) is 4.51. The van der Waals surface area contributed by atoms with Crippen molar-refractivity contribution in [3.63, 3.8) is 0 Å². The molecule has 2 aromatic heterocycles. The van der Waals surface area contributed by atoms with Crippen LogP contribution in [0.5, 0.6) is 0 Å². The van der Waals surface area contributed by atoms with Crippen LogP contribution in [0.25, 0.3) is 20.8 Å². The summed E-state index contributed by atoms with van der Waals surface area (Å²) in [7, 11) is 0. The zero-order valence-corrected chi connectivity index (χ0v) is 12.3. The van der Waals surface area contributed by atoms with E-state index in [2.05, 4.69) is 4.98 Å². The largest absolute Gasteiger partial charge is 0.461 e. The first-order valence-corrected chi connectivity index (χ1v) is 7.68. The van der Waals surface area contributed by atoms with Gasteiger partial charge in [-0.05, 0) is 24.3 Å². The summed E-state index contributed by atoms with van der Waals surface area (Å²) < 4.78 is 6.34. The van der Waals surface area contributed by atoms with Crippen LogP contribution in [0.15, 0.2) is 71.3 Å². The Bertz CT molecular complexity index is 921. The molecule has 0 saturated heterocycles. The lowest BCUT2D eigenvalue weighted by Crippen LogP contribution is -2.01. The van der Waals surface area contributed by atoms with Gasteiger partial charge in [0.1, 0.15) is 5.01 Å². The fourth-order valence-corrected chi connectivity index (χ4v) is 3.40. The molecule has 3 nitrogen and oxygen atoms in total. The lowest BCUT2D eigenvalue weighted by Gasteiger charge is -2.04. The van der Waals surface area contributed by atoms with Crippen LogP contribution in [0, 0.1) is 0 Å². The first-order valence-electron chi connectivity index (χ1n) is 6.86. The SMILES string of the molecule is O=C(c1ccco1)c1ccccc1-c1nc2ccccc2s1. The predicted octanol–water partition coefficient (Wildman–Crippen LogP) is 4.79. The number of aromatic nitrogens is 1. The smallest absolute Gasteiger partial charge is 0.228 e. The van der Waals surface area contributed by atoms with Crippen LogP contribution >= 0.6 is 11.3 Å². The molecule has 22 heavy (non-hydrogen) atoms. The van der Waals surface area contributed by atoms with Crippen molar-refractivity contribution >= 4 is 27.3 Å². The molecule has 0 aliphatic carbocycles. The van der Waals surface area contributed by atoms with Gasteiger partial charge in [-0.2, -0.15) is 0 Å². The molecule has 0 N–H and O–H groups in total. The first-order chi connectivity index (χ1) is 10.8. The Morgan fingerprint density at radius 2 is 1.77 bits per heavy atom. The maximum atomic E-state index is 12.6. The molecular formula is C18H11NO2S. The molecule has 0 radical (unpaired) electrons. The Morgan fingerprint density at radius 1 is 0.955 bits per heavy atom. The van der Waals surface area contributed by atoms with Gasteiger partial charge in [-0.3, -0.25) is 4.79 Å². The maximum Gasteiger partial charge on any atom is 0.228 e. The topological polar surface area (TPSA) is 43.1 Å². The number of nitrogens with zero attached hydrogens (tertiary/aromatic N) is 1. The standard InChI is InChI=1S/C18H11NO2S/c20-17(15-9-5-11-21-15)12-6-1-2-7-13(12)18-19-14-8-3-4-10-16(14)22-18/h1-11H. The summed E-state index contributed by atoms with van der Waals surface area (Å²) in [5, 5.41) is 0.844. The van der Waals surface area contributed by atoms with Gasteiger partial charge in [0.25, 0.3) is 0 Å². The Hall–Kier alpha value is -2.72. The number of fused-ring (bicyclic) bond motifs is 1. The molecule has 2 aromatic carbocycles. The average molecular weight is 305 g/mol. The van der Waals surface area contributed by atoms with Crippen LogP contribution in [0.4, 0.5) is 0 Å². The van der Waals surface area contributed by atoms with E-state index in [-0.39, 0.29) is 5.78 Å². The third kappa shape index (κ3) is 2.14. The highest BCUT2D eigenvalue weighted by atomic mass is 32.1. The monoisotopic (exact) mass is 305 g/mol. The molecule has 0 atom stereocenters. The quantitative estimate of drug-likeness (QED) is 0.511. The van der Waals surface area contributed by atoms with E-state index in [4.69, 9.17) is 4.42 Å². The maximum absolute atomic E-state index is 12.6. The van der Waals surface area contributed by atoms with E-state index in [1.807, 2.05) is 48.5 Å². The van der Waals surface area contributed by atoms with Crippen LogP contribution in [-0.2, 0) is 0 Å². The number of thiazole rings is 1. The molecule has 0 saturated carbocycles. The number of benzene rings is 2. The van der Waals surface area contributed by atoms with Crippen LogP contribution in [0.1, 0.15) is 16.1 Å². The Kier molecular flexibility index (Phi) is 3.09. The molecule has 4 rings (SSSR count). The highest BCUT2D eigenvalue weighted by Crippen LogP contribution is 2.32. The number of para-hydroxylation sites is 1. The first kappa shape index (κ1) is 13.0. The highest BCUT2D eigenvalue weighted by molar-refractivity contribution is 7.21. The number of ketones is 1. The summed E-state index contributed by atoms with van der Waals surface area (Å²) in [6.45, 7) is 0. The number of hydrogen-bond donors (Lipinski definition) is 0. The number of rotatable bonds is 3. The zero-order chi connectivity index (χ0) is 14.9. The summed E-state index contributed by atoms with van der Waals surface area (Å²) in [5.74, 6) is 0.216. The fourth-order valence-electron chi connectivity index (χ4n) is 2.40. The van der Waals surface area contributed by atoms with Gasteiger partial charge in [0.2, 0.25) is 5.78 Å². The van der Waals surface area contributed by atoms with Gasteiger partial charge < -0.3 is 4.42 Å². The average Bonchev–Trinajstić information content (AvgIpc) is 3.23. The fraction of sp³-hybridized carbons (Fsp3) is 0. The minimum atomic E-state index is -0.125. The zero-order valence-electron chi connectivity index (χ0n) is 11.5. The lowest BCUT2D eigenvalue weighted by atomic mass is 10.0. The van der Waals surface area contributed by atoms with Gasteiger partial charge in [0.05, 0.1) is 16.5 Å². The summed E-state index contributed by atoms with van der Waals surface area (Å²) in [6.07, 6.45) is 1.51. The van der Waals surface area contributed by atoms with E-state index in [1.165, 1.54) is 6.26 Å². The summed E-state index contributed by atoms with van der Waals surface area (Å²) in [6, 6.07) is 18.9. The van der Waals surface area contributed by atoms with Gasteiger partial charge in [0.15, 0.2) is 5.76 Å². The van der Waals surface area contributed by atoms with Crippen molar-refractivity contribution in [3.05, 3.63) is 78.3 Å². The van der Waals surface area contributed by atoms with Crippen molar-refractivity contribution in [1.82, 2.24) is 4.98 Å². The Morgan fingerprint density at radius 3 is 2.59 bits per heavy atom. The minimum absolute atomic E-state index is 0.125.